The molecule has 1 aliphatic rings. The SMILES string of the molecule is Cn1ccnc1C(NCC1CCCC1CO)c1cccs1. The highest BCUT2D eigenvalue weighted by Crippen LogP contribution is 2.32. The van der Waals surface area contributed by atoms with Crippen LogP contribution >= 0.6 is 11.3 Å². The molecule has 3 unspecified atom stereocenters. The number of hydrogen-bond donors (Lipinski definition) is 2. The molecule has 0 bridgehead atoms. The van der Waals surface area contributed by atoms with E-state index in [0.717, 1.165) is 18.8 Å². The summed E-state index contributed by atoms with van der Waals surface area (Å²) in [6.07, 6.45) is 7.46. The van der Waals surface area contributed by atoms with Gasteiger partial charge in [0, 0.05) is 30.9 Å². The molecule has 3 rings (SSSR count). The zero-order valence-electron chi connectivity index (χ0n) is 12.4. The van der Waals surface area contributed by atoms with Crippen LogP contribution in [0.25, 0.3) is 0 Å². The number of aliphatic hydroxyl groups excluding tert-OH is 1. The first-order valence-electron chi connectivity index (χ1n) is 7.64. The Balaban J connectivity index is 1.73. The first-order valence-corrected chi connectivity index (χ1v) is 8.52. The molecule has 2 aromatic heterocycles. The number of rotatable bonds is 6. The lowest BCUT2D eigenvalue weighted by molar-refractivity contribution is 0.191. The van der Waals surface area contributed by atoms with E-state index in [0.29, 0.717) is 18.4 Å². The molecule has 0 aromatic carbocycles. The summed E-state index contributed by atoms with van der Waals surface area (Å²) in [7, 11) is 2.04. The minimum absolute atomic E-state index is 0.143. The third-order valence-corrected chi connectivity index (χ3v) is 5.52. The molecule has 21 heavy (non-hydrogen) atoms. The summed E-state index contributed by atoms with van der Waals surface area (Å²) >= 11 is 1.76. The van der Waals surface area contributed by atoms with Crippen LogP contribution in [0, 0.1) is 11.8 Å². The topological polar surface area (TPSA) is 50.1 Å². The fourth-order valence-electron chi connectivity index (χ4n) is 3.32. The average Bonchev–Trinajstić information content (AvgIpc) is 3.21. The van der Waals surface area contributed by atoms with E-state index in [1.165, 1.54) is 17.7 Å². The van der Waals surface area contributed by atoms with Crippen molar-refractivity contribution < 1.29 is 5.11 Å². The van der Waals surface area contributed by atoms with Crippen LogP contribution in [0.4, 0.5) is 0 Å². The van der Waals surface area contributed by atoms with Crippen LogP contribution in [-0.2, 0) is 7.05 Å². The zero-order chi connectivity index (χ0) is 14.7. The molecule has 0 saturated heterocycles. The van der Waals surface area contributed by atoms with E-state index in [4.69, 9.17) is 0 Å². The molecule has 2 aromatic rings. The number of thiophene rings is 1. The number of nitrogens with zero attached hydrogens (tertiary/aromatic N) is 2. The van der Waals surface area contributed by atoms with Crippen molar-refractivity contribution in [1.82, 2.24) is 14.9 Å². The fourth-order valence-corrected chi connectivity index (χ4v) is 4.12. The van der Waals surface area contributed by atoms with Gasteiger partial charge in [-0.05, 0) is 42.7 Å². The molecule has 5 heteroatoms. The van der Waals surface area contributed by atoms with E-state index in [-0.39, 0.29) is 6.04 Å². The molecule has 2 N–H and O–H groups in total. The van der Waals surface area contributed by atoms with Crippen molar-refractivity contribution in [1.29, 1.82) is 0 Å². The Morgan fingerprint density at radius 3 is 3.00 bits per heavy atom. The molecule has 0 radical (unpaired) electrons. The number of hydrogen-bond acceptors (Lipinski definition) is 4. The maximum atomic E-state index is 9.47. The van der Waals surface area contributed by atoms with Gasteiger partial charge in [-0.1, -0.05) is 12.5 Å². The van der Waals surface area contributed by atoms with Crippen molar-refractivity contribution >= 4 is 11.3 Å². The van der Waals surface area contributed by atoms with Crippen LogP contribution in [0.15, 0.2) is 29.9 Å². The van der Waals surface area contributed by atoms with Crippen molar-refractivity contribution in [2.24, 2.45) is 18.9 Å². The van der Waals surface area contributed by atoms with E-state index in [2.05, 4.69) is 32.4 Å². The fraction of sp³-hybridized carbons (Fsp3) is 0.562. The summed E-state index contributed by atoms with van der Waals surface area (Å²) in [4.78, 5) is 5.81. The van der Waals surface area contributed by atoms with E-state index >= 15 is 0 Å². The summed E-state index contributed by atoms with van der Waals surface area (Å²) in [5.74, 6) is 2.09. The van der Waals surface area contributed by atoms with Gasteiger partial charge >= 0.3 is 0 Å². The van der Waals surface area contributed by atoms with Gasteiger partial charge in [0.1, 0.15) is 11.9 Å². The molecule has 4 nitrogen and oxygen atoms in total. The highest BCUT2D eigenvalue weighted by molar-refractivity contribution is 7.10. The summed E-state index contributed by atoms with van der Waals surface area (Å²) in [6, 6.07) is 4.39. The van der Waals surface area contributed by atoms with Crippen molar-refractivity contribution in [2.45, 2.75) is 25.3 Å². The van der Waals surface area contributed by atoms with Crippen LogP contribution in [0.3, 0.4) is 0 Å². The standard InChI is InChI=1S/C16H23N3OS/c1-19-8-7-17-16(19)15(14-6-3-9-21-14)18-10-12-4-2-5-13(12)11-20/h3,6-9,12-13,15,18,20H,2,4-5,10-11H2,1H3. The van der Waals surface area contributed by atoms with Crippen LogP contribution < -0.4 is 5.32 Å². The Morgan fingerprint density at radius 2 is 2.33 bits per heavy atom. The van der Waals surface area contributed by atoms with E-state index in [1.54, 1.807) is 11.3 Å². The van der Waals surface area contributed by atoms with Gasteiger partial charge in [-0.3, -0.25) is 0 Å². The highest BCUT2D eigenvalue weighted by Gasteiger charge is 2.28. The van der Waals surface area contributed by atoms with E-state index in [1.807, 2.05) is 19.4 Å². The van der Waals surface area contributed by atoms with Gasteiger partial charge in [0.05, 0.1) is 0 Å². The van der Waals surface area contributed by atoms with Gasteiger partial charge in [0.2, 0.25) is 0 Å². The van der Waals surface area contributed by atoms with Gasteiger partial charge in [-0.2, -0.15) is 0 Å². The van der Waals surface area contributed by atoms with Crippen molar-refractivity contribution in [3.8, 4) is 0 Å². The van der Waals surface area contributed by atoms with E-state index in [9.17, 15) is 5.11 Å². The molecule has 1 aliphatic carbocycles. The first kappa shape index (κ1) is 14.8. The van der Waals surface area contributed by atoms with Gasteiger partial charge in [-0.15, -0.1) is 11.3 Å². The number of aryl methyl sites for hydroxylation is 1. The lowest BCUT2D eigenvalue weighted by Gasteiger charge is -2.23. The Bertz CT molecular complexity index is 552. The van der Waals surface area contributed by atoms with Gasteiger partial charge in [-0.25, -0.2) is 4.98 Å². The third kappa shape index (κ3) is 3.20. The Hall–Kier alpha value is -1.17. The number of aliphatic hydroxyl groups is 1. The largest absolute Gasteiger partial charge is 0.396 e. The zero-order valence-corrected chi connectivity index (χ0v) is 13.2. The Labute approximate surface area is 129 Å². The quantitative estimate of drug-likeness (QED) is 0.862. The molecule has 0 spiro atoms. The molecule has 114 valence electrons. The number of imidazole rings is 1. The normalized spacial score (nSPS) is 23.5. The van der Waals surface area contributed by atoms with Crippen LogP contribution in [0.2, 0.25) is 0 Å². The molecule has 3 atom stereocenters. The smallest absolute Gasteiger partial charge is 0.131 e. The number of aromatic nitrogens is 2. The van der Waals surface area contributed by atoms with Crippen LogP contribution in [0.1, 0.15) is 36.0 Å². The molecule has 0 amide bonds. The molecular weight excluding hydrogens is 282 g/mol. The molecular formula is C16H23N3OS. The maximum absolute atomic E-state index is 9.47. The van der Waals surface area contributed by atoms with Crippen LogP contribution in [0.5, 0.6) is 0 Å². The predicted octanol–water partition coefficient (Wildman–Crippen LogP) is 2.57. The molecule has 2 heterocycles. The average molecular weight is 305 g/mol. The van der Waals surface area contributed by atoms with Crippen molar-refractivity contribution in [3.05, 3.63) is 40.6 Å². The maximum Gasteiger partial charge on any atom is 0.131 e. The van der Waals surface area contributed by atoms with Crippen molar-refractivity contribution in [2.75, 3.05) is 13.2 Å². The summed E-state index contributed by atoms with van der Waals surface area (Å²) in [5.41, 5.74) is 0. The van der Waals surface area contributed by atoms with Gasteiger partial charge < -0.3 is 15.0 Å². The molecule has 1 fully saturated rings. The van der Waals surface area contributed by atoms with Crippen LogP contribution in [-0.4, -0.2) is 27.8 Å². The summed E-state index contributed by atoms with van der Waals surface area (Å²) in [5, 5.41) is 15.3. The second-order valence-corrected chi connectivity index (χ2v) is 6.87. The first-order chi connectivity index (χ1) is 10.3. The molecule has 1 saturated carbocycles. The lowest BCUT2D eigenvalue weighted by Crippen LogP contribution is -2.31. The highest BCUT2D eigenvalue weighted by atomic mass is 32.1. The lowest BCUT2D eigenvalue weighted by atomic mass is 9.96. The second-order valence-electron chi connectivity index (χ2n) is 5.89. The number of nitrogens with one attached hydrogen (secondary N) is 1. The predicted molar refractivity (Wildman–Crippen MR) is 85.3 cm³/mol. The summed E-state index contributed by atoms with van der Waals surface area (Å²) < 4.78 is 2.08. The second kappa shape index (κ2) is 6.73. The third-order valence-electron chi connectivity index (χ3n) is 4.58. The van der Waals surface area contributed by atoms with Gasteiger partial charge in [0.15, 0.2) is 0 Å². The van der Waals surface area contributed by atoms with E-state index < -0.39 is 0 Å². The Kier molecular flexibility index (Phi) is 4.73. The minimum atomic E-state index is 0.143. The van der Waals surface area contributed by atoms with Crippen molar-refractivity contribution in [3.63, 3.8) is 0 Å². The monoisotopic (exact) mass is 305 g/mol. The molecule has 0 aliphatic heterocycles. The van der Waals surface area contributed by atoms with Gasteiger partial charge in [0.25, 0.3) is 0 Å². The summed E-state index contributed by atoms with van der Waals surface area (Å²) in [6.45, 7) is 1.26. The minimum Gasteiger partial charge on any atom is -0.396 e. The Morgan fingerprint density at radius 1 is 1.48 bits per heavy atom.